The van der Waals surface area contributed by atoms with Crippen LogP contribution in [-0.2, 0) is 17.8 Å². The van der Waals surface area contributed by atoms with Gasteiger partial charge in [-0.1, -0.05) is 19.9 Å². The number of thiophene rings is 1. The molecule has 3 rings (SSSR count). The molecule has 1 aliphatic heterocycles. The molecule has 2 amide bonds. The molecular weight excluding hydrogens is 360 g/mol. The van der Waals surface area contributed by atoms with Gasteiger partial charge < -0.3 is 9.80 Å². The lowest BCUT2D eigenvalue weighted by atomic mass is 10.1. The first-order chi connectivity index (χ1) is 12.9. The number of rotatable bonds is 5. The minimum atomic E-state index is 0.0683. The second-order valence-corrected chi connectivity index (χ2v) is 8.50. The minimum Gasteiger partial charge on any atom is -0.339 e. The van der Waals surface area contributed by atoms with Gasteiger partial charge in [0.15, 0.2) is 0 Å². The third-order valence-corrected chi connectivity index (χ3v) is 5.91. The minimum absolute atomic E-state index is 0.0683. The van der Waals surface area contributed by atoms with Crippen LogP contribution in [0.4, 0.5) is 0 Å². The van der Waals surface area contributed by atoms with Gasteiger partial charge in [0.1, 0.15) is 0 Å². The summed E-state index contributed by atoms with van der Waals surface area (Å²) in [5, 5.41) is 6.52. The Hall–Kier alpha value is -2.15. The molecule has 1 saturated heterocycles. The van der Waals surface area contributed by atoms with Gasteiger partial charge in [-0.3, -0.25) is 14.3 Å². The fourth-order valence-electron chi connectivity index (χ4n) is 3.49. The largest absolute Gasteiger partial charge is 0.339 e. The Morgan fingerprint density at radius 2 is 1.81 bits per heavy atom. The van der Waals surface area contributed by atoms with Gasteiger partial charge in [0.25, 0.3) is 5.91 Å². The average Bonchev–Trinajstić information content (AvgIpc) is 3.26. The van der Waals surface area contributed by atoms with E-state index in [4.69, 9.17) is 0 Å². The second-order valence-electron chi connectivity index (χ2n) is 7.55. The number of piperazine rings is 1. The van der Waals surface area contributed by atoms with Gasteiger partial charge in [-0.15, -0.1) is 11.3 Å². The van der Waals surface area contributed by atoms with Gasteiger partial charge in [0.05, 0.1) is 17.0 Å². The monoisotopic (exact) mass is 388 g/mol. The van der Waals surface area contributed by atoms with Crippen molar-refractivity contribution in [2.75, 3.05) is 26.2 Å². The Labute approximate surface area is 164 Å². The number of aromatic nitrogens is 2. The quantitative estimate of drug-likeness (QED) is 0.791. The molecule has 2 aromatic rings. The van der Waals surface area contributed by atoms with Crippen LogP contribution in [0.1, 0.15) is 40.5 Å². The van der Waals surface area contributed by atoms with E-state index >= 15 is 0 Å². The maximum absolute atomic E-state index is 12.8. The van der Waals surface area contributed by atoms with Gasteiger partial charge in [-0.2, -0.15) is 5.10 Å². The molecule has 0 atom stereocenters. The Morgan fingerprint density at radius 3 is 2.41 bits per heavy atom. The summed E-state index contributed by atoms with van der Waals surface area (Å²) in [6.45, 7) is 11.6. The van der Waals surface area contributed by atoms with Crippen LogP contribution in [0.15, 0.2) is 17.5 Å². The van der Waals surface area contributed by atoms with Crippen LogP contribution in [0.2, 0.25) is 0 Å². The molecule has 27 heavy (non-hydrogen) atoms. The first-order valence-corrected chi connectivity index (χ1v) is 10.4. The molecule has 0 unspecified atom stereocenters. The number of amides is 2. The summed E-state index contributed by atoms with van der Waals surface area (Å²) in [5.74, 6) is 0.702. The van der Waals surface area contributed by atoms with Gasteiger partial charge in [-0.25, -0.2) is 0 Å². The van der Waals surface area contributed by atoms with Crippen LogP contribution in [0.25, 0.3) is 0 Å². The van der Waals surface area contributed by atoms with E-state index in [1.54, 1.807) is 0 Å². The highest BCUT2D eigenvalue weighted by Gasteiger charge is 2.26. The van der Waals surface area contributed by atoms with E-state index in [1.807, 2.05) is 45.8 Å². The van der Waals surface area contributed by atoms with Crippen molar-refractivity contribution in [3.05, 3.63) is 39.3 Å². The number of aryl methyl sites for hydroxylation is 1. The predicted molar refractivity (Wildman–Crippen MR) is 107 cm³/mol. The molecule has 1 fully saturated rings. The van der Waals surface area contributed by atoms with Crippen molar-refractivity contribution in [1.82, 2.24) is 19.6 Å². The fraction of sp³-hybridized carbons (Fsp3) is 0.550. The molecule has 0 bridgehead atoms. The highest BCUT2D eigenvalue weighted by atomic mass is 32.1. The predicted octanol–water partition coefficient (Wildman–Crippen LogP) is 2.74. The SMILES string of the molecule is Cc1nn(CC(C)C)c(C)c1CC(=O)N1CCN(C(=O)c2cccs2)CC1. The molecule has 6 nitrogen and oxygen atoms in total. The first-order valence-electron chi connectivity index (χ1n) is 9.50. The Balaban J connectivity index is 1.59. The molecule has 0 aromatic carbocycles. The van der Waals surface area contributed by atoms with E-state index < -0.39 is 0 Å². The van der Waals surface area contributed by atoms with Crippen LogP contribution >= 0.6 is 11.3 Å². The molecule has 0 radical (unpaired) electrons. The van der Waals surface area contributed by atoms with Crippen LogP contribution in [0.3, 0.4) is 0 Å². The van der Waals surface area contributed by atoms with E-state index in [0.717, 1.165) is 28.4 Å². The second kappa shape index (κ2) is 8.25. The van der Waals surface area contributed by atoms with E-state index in [9.17, 15) is 9.59 Å². The fourth-order valence-corrected chi connectivity index (χ4v) is 4.18. The highest BCUT2D eigenvalue weighted by Crippen LogP contribution is 2.18. The number of nitrogens with zero attached hydrogens (tertiary/aromatic N) is 4. The maximum atomic E-state index is 12.8. The lowest BCUT2D eigenvalue weighted by molar-refractivity contribution is -0.131. The van der Waals surface area contributed by atoms with Gasteiger partial charge >= 0.3 is 0 Å². The molecule has 146 valence electrons. The topological polar surface area (TPSA) is 58.4 Å². The zero-order chi connectivity index (χ0) is 19.6. The first kappa shape index (κ1) is 19.6. The molecule has 2 aromatic heterocycles. The van der Waals surface area contributed by atoms with Gasteiger partial charge in [-0.05, 0) is 31.2 Å². The summed E-state index contributed by atoms with van der Waals surface area (Å²) in [5.41, 5.74) is 3.06. The van der Waals surface area contributed by atoms with Crippen molar-refractivity contribution in [3.8, 4) is 0 Å². The van der Waals surface area contributed by atoms with Crippen molar-refractivity contribution in [1.29, 1.82) is 0 Å². The molecule has 0 aliphatic carbocycles. The molecular formula is C20H28N4O2S. The number of carbonyl (C=O) groups is 2. The molecule has 0 N–H and O–H groups in total. The van der Waals surface area contributed by atoms with E-state index in [0.29, 0.717) is 38.5 Å². The maximum Gasteiger partial charge on any atom is 0.264 e. The van der Waals surface area contributed by atoms with Crippen LogP contribution in [-0.4, -0.2) is 57.6 Å². The zero-order valence-electron chi connectivity index (χ0n) is 16.6. The number of hydrogen-bond acceptors (Lipinski definition) is 4. The van der Waals surface area contributed by atoms with Crippen molar-refractivity contribution in [2.45, 2.75) is 40.7 Å². The van der Waals surface area contributed by atoms with Crippen LogP contribution in [0, 0.1) is 19.8 Å². The Kier molecular flexibility index (Phi) is 5.99. The van der Waals surface area contributed by atoms with Crippen molar-refractivity contribution >= 4 is 23.2 Å². The van der Waals surface area contributed by atoms with Crippen molar-refractivity contribution in [2.24, 2.45) is 5.92 Å². The summed E-state index contributed by atoms with van der Waals surface area (Å²) >= 11 is 1.46. The summed E-state index contributed by atoms with van der Waals surface area (Å²) in [7, 11) is 0. The lowest BCUT2D eigenvalue weighted by Crippen LogP contribution is -2.50. The highest BCUT2D eigenvalue weighted by molar-refractivity contribution is 7.12. The normalized spacial score (nSPS) is 14.9. The summed E-state index contributed by atoms with van der Waals surface area (Å²) in [6, 6.07) is 3.74. The third-order valence-electron chi connectivity index (χ3n) is 5.05. The van der Waals surface area contributed by atoms with Crippen molar-refractivity contribution in [3.63, 3.8) is 0 Å². The van der Waals surface area contributed by atoms with E-state index in [-0.39, 0.29) is 11.8 Å². The Bertz CT molecular complexity index is 802. The molecule has 1 aliphatic rings. The smallest absolute Gasteiger partial charge is 0.264 e. The van der Waals surface area contributed by atoms with Crippen LogP contribution < -0.4 is 0 Å². The third kappa shape index (κ3) is 4.40. The average molecular weight is 389 g/mol. The number of carbonyl (C=O) groups excluding carboxylic acids is 2. The van der Waals surface area contributed by atoms with Gasteiger partial charge in [0, 0.05) is 44.0 Å². The van der Waals surface area contributed by atoms with Gasteiger partial charge in [0.2, 0.25) is 5.91 Å². The molecule has 0 spiro atoms. The van der Waals surface area contributed by atoms with Crippen LogP contribution in [0.5, 0.6) is 0 Å². The van der Waals surface area contributed by atoms with E-state index in [1.165, 1.54) is 11.3 Å². The molecule has 3 heterocycles. The zero-order valence-corrected chi connectivity index (χ0v) is 17.4. The lowest BCUT2D eigenvalue weighted by Gasteiger charge is -2.34. The van der Waals surface area contributed by atoms with E-state index in [2.05, 4.69) is 18.9 Å². The Morgan fingerprint density at radius 1 is 1.15 bits per heavy atom. The summed E-state index contributed by atoms with van der Waals surface area (Å²) in [6.07, 6.45) is 0.384. The molecule has 7 heteroatoms. The summed E-state index contributed by atoms with van der Waals surface area (Å²) < 4.78 is 2.01. The summed E-state index contributed by atoms with van der Waals surface area (Å²) in [4.78, 5) is 29.7. The van der Waals surface area contributed by atoms with Crippen molar-refractivity contribution < 1.29 is 9.59 Å². The number of hydrogen-bond donors (Lipinski definition) is 0. The molecule has 0 saturated carbocycles. The standard InChI is InChI=1S/C20H28N4O2S/c1-14(2)13-24-16(4)17(15(3)21-24)12-19(25)22-7-9-23(10-8-22)20(26)18-6-5-11-27-18/h5-6,11,14H,7-10,12-13H2,1-4H3.